The number of carbonyl (C=O) groups excluding carboxylic acids is 1. The number of nitrogens with zero attached hydrogens (tertiary/aromatic N) is 1. The molecule has 4 nitrogen and oxygen atoms in total. The minimum absolute atomic E-state index is 0.0279. The Morgan fingerprint density at radius 1 is 1.40 bits per heavy atom. The first-order valence-corrected chi connectivity index (χ1v) is 6.25. The zero-order chi connectivity index (χ0) is 15.3. The maximum Gasteiger partial charge on any atom is 0.401 e. The van der Waals surface area contributed by atoms with Crippen molar-refractivity contribution < 1.29 is 18.0 Å². The third-order valence-corrected chi connectivity index (χ3v) is 2.97. The fourth-order valence-electron chi connectivity index (χ4n) is 1.88. The number of amides is 1. The van der Waals surface area contributed by atoms with Crippen LogP contribution in [-0.2, 0) is 0 Å². The van der Waals surface area contributed by atoms with Crippen molar-refractivity contribution in [3.63, 3.8) is 0 Å². The van der Waals surface area contributed by atoms with Gasteiger partial charge in [-0.15, -0.1) is 0 Å². The Balaban J connectivity index is 2.53. The number of alkyl halides is 3. The topological polar surface area (TPSA) is 68.0 Å². The average molecular weight is 289 g/mol. The quantitative estimate of drug-likeness (QED) is 0.843. The molecule has 1 aromatic heterocycles. The van der Waals surface area contributed by atoms with Gasteiger partial charge < -0.3 is 11.1 Å². The van der Waals surface area contributed by atoms with Crippen molar-refractivity contribution in [1.29, 1.82) is 0 Å². The van der Waals surface area contributed by atoms with Crippen molar-refractivity contribution in [3.8, 4) is 0 Å². The SMILES string of the molecule is C[C@H](C[C@H](C)NCC(F)(F)F)c1ccc(C(N)=O)nc1. The van der Waals surface area contributed by atoms with E-state index in [1.807, 2.05) is 6.92 Å². The summed E-state index contributed by atoms with van der Waals surface area (Å²) in [4.78, 5) is 14.8. The summed E-state index contributed by atoms with van der Waals surface area (Å²) >= 11 is 0. The lowest BCUT2D eigenvalue weighted by molar-refractivity contribution is -0.126. The van der Waals surface area contributed by atoms with Crippen molar-refractivity contribution in [2.24, 2.45) is 5.73 Å². The van der Waals surface area contributed by atoms with Gasteiger partial charge in [0.1, 0.15) is 5.69 Å². The van der Waals surface area contributed by atoms with Crippen LogP contribution in [0, 0.1) is 0 Å². The van der Waals surface area contributed by atoms with Gasteiger partial charge in [0.05, 0.1) is 6.54 Å². The van der Waals surface area contributed by atoms with E-state index in [4.69, 9.17) is 5.73 Å². The fourth-order valence-corrected chi connectivity index (χ4v) is 1.88. The number of primary amides is 1. The number of nitrogens with two attached hydrogens (primary N) is 1. The van der Waals surface area contributed by atoms with E-state index in [9.17, 15) is 18.0 Å². The summed E-state index contributed by atoms with van der Waals surface area (Å²) in [6, 6.07) is 2.96. The molecular formula is C13H18F3N3O. The van der Waals surface area contributed by atoms with E-state index < -0.39 is 18.6 Å². The molecule has 0 bridgehead atoms. The van der Waals surface area contributed by atoms with Gasteiger partial charge in [0.15, 0.2) is 0 Å². The number of aromatic nitrogens is 1. The second-order valence-corrected chi connectivity index (χ2v) is 4.87. The molecule has 20 heavy (non-hydrogen) atoms. The van der Waals surface area contributed by atoms with E-state index in [0.29, 0.717) is 6.42 Å². The molecule has 0 radical (unpaired) electrons. The third kappa shape index (κ3) is 5.56. The normalized spacial score (nSPS) is 14.8. The lowest BCUT2D eigenvalue weighted by atomic mass is 9.95. The van der Waals surface area contributed by atoms with Gasteiger partial charge >= 0.3 is 6.18 Å². The second kappa shape index (κ2) is 6.69. The van der Waals surface area contributed by atoms with Crippen LogP contribution >= 0.6 is 0 Å². The fraction of sp³-hybridized carbons (Fsp3) is 0.538. The second-order valence-electron chi connectivity index (χ2n) is 4.87. The summed E-state index contributed by atoms with van der Waals surface area (Å²) in [5, 5.41) is 2.43. The molecule has 0 aromatic carbocycles. The van der Waals surface area contributed by atoms with Gasteiger partial charge in [-0.1, -0.05) is 13.0 Å². The van der Waals surface area contributed by atoms with Crippen molar-refractivity contribution in [3.05, 3.63) is 29.6 Å². The van der Waals surface area contributed by atoms with Crippen LogP contribution in [0.25, 0.3) is 0 Å². The Morgan fingerprint density at radius 3 is 2.50 bits per heavy atom. The molecule has 0 aliphatic heterocycles. The number of nitrogens with one attached hydrogen (secondary N) is 1. The predicted octanol–water partition coefficient (Wildman–Crippen LogP) is 2.21. The number of pyridine rings is 1. The number of hydrogen-bond donors (Lipinski definition) is 2. The Hall–Kier alpha value is -1.63. The van der Waals surface area contributed by atoms with Crippen LogP contribution in [-0.4, -0.2) is 29.7 Å². The largest absolute Gasteiger partial charge is 0.401 e. The molecule has 0 aliphatic carbocycles. The highest BCUT2D eigenvalue weighted by molar-refractivity contribution is 5.90. The van der Waals surface area contributed by atoms with Crippen LogP contribution in [0.15, 0.2) is 18.3 Å². The van der Waals surface area contributed by atoms with Gasteiger partial charge in [0.2, 0.25) is 0 Å². The molecule has 0 aliphatic rings. The van der Waals surface area contributed by atoms with Crippen LogP contribution in [0.5, 0.6) is 0 Å². The highest BCUT2D eigenvalue weighted by atomic mass is 19.4. The minimum atomic E-state index is -4.21. The molecule has 3 N–H and O–H groups in total. The van der Waals surface area contributed by atoms with Crippen LogP contribution in [0.4, 0.5) is 13.2 Å². The molecule has 112 valence electrons. The van der Waals surface area contributed by atoms with Gasteiger partial charge in [0, 0.05) is 12.2 Å². The molecule has 0 saturated carbocycles. The summed E-state index contributed by atoms with van der Waals surface area (Å²) in [6.45, 7) is 2.60. The average Bonchev–Trinajstić information content (AvgIpc) is 2.35. The molecular weight excluding hydrogens is 271 g/mol. The standard InChI is InChI=1S/C13H18F3N3O/c1-8(5-9(2)19-7-13(14,15)16)10-3-4-11(12(17)20)18-6-10/h3-4,6,8-9,19H,5,7H2,1-2H3,(H2,17,20)/t8-,9+/m1/s1. The van der Waals surface area contributed by atoms with Gasteiger partial charge in [-0.3, -0.25) is 9.78 Å². The van der Waals surface area contributed by atoms with E-state index >= 15 is 0 Å². The summed E-state index contributed by atoms with van der Waals surface area (Å²) in [7, 11) is 0. The predicted molar refractivity (Wildman–Crippen MR) is 69.3 cm³/mol. The first-order valence-electron chi connectivity index (χ1n) is 6.25. The highest BCUT2D eigenvalue weighted by Crippen LogP contribution is 2.21. The Morgan fingerprint density at radius 2 is 2.05 bits per heavy atom. The Kier molecular flexibility index (Phi) is 5.50. The van der Waals surface area contributed by atoms with Crippen LogP contribution in [0.2, 0.25) is 0 Å². The summed E-state index contributed by atoms with van der Waals surface area (Å²) < 4.78 is 36.2. The molecule has 2 atom stereocenters. The van der Waals surface area contributed by atoms with E-state index in [2.05, 4.69) is 10.3 Å². The lowest BCUT2D eigenvalue weighted by Crippen LogP contribution is -2.36. The number of hydrogen-bond acceptors (Lipinski definition) is 3. The van der Waals surface area contributed by atoms with Crippen molar-refractivity contribution in [2.45, 2.75) is 38.4 Å². The zero-order valence-electron chi connectivity index (χ0n) is 11.4. The molecule has 1 rings (SSSR count). The summed E-state index contributed by atoms with van der Waals surface area (Å²) in [5.41, 5.74) is 6.11. The van der Waals surface area contributed by atoms with E-state index in [1.54, 1.807) is 13.0 Å². The van der Waals surface area contributed by atoms with E-state index in [-0.39, 0.29) is 17.7 Å². The highest BCUT2D eigenvalue weighted by Gasteiger charge is 2.27. The lowest BCUT2D eigenvalue weighted by Gasteiger charge is -2.19. The molecule has 1 heterocycles. The molecule has 0 fully saturated rings. The van der Waals surface area contributed by atoms with Crippen molar-refractivity contribution in [2.75, 3.05) is 6.54 Å². The maximum atomic E-state index is 12.1. The van der Waals surface area contributed by atoms with Crippen molar-refractivity contribution >= 4 is 5.91 Å². The molecule has 0 spiro atoms. The first-order chi connectivity index (χ1) is 9.19. The molecule has 0 unspecified atom stereocenters. The van der Waals surface area contributed by atoms with Crippen molar-refractivity contribution in [1.82, 2.24) is 10.3 Å². The molecule has 0 saturated heterocycles. The van der Waals surface area contributed by atoms with E-state index in [1.165, 1.54) is 12.3 Å². The number of carbonyl (C=O) groups is 1. The summed E-state index contributed by atoms with van der Waals surface area (Å²) in [5.74, 6) is -0.579. The smallest absolute Gasteiger partial charge is 0.364 e. The van der Waals surface area contributed by atoms with Gasteiger partial charge in [0.25, 0.3) is 5.91 Å². The molecule has 1 aromatic rings. The molecule has 7 heteroatoms. The zero-order valence-corrected chi connectivity index (χ0v) is 11.4. The van der Waals surface area contributed by atoms with Gasteiger partial charge in [-0.25, -0.2) is 0 Å². The molecule has 1 amide bonds. The monoisotopic (exact) mass is 289 g/mol. The third-order valence-electron chi connectivity index (χ3n) is 2.97. The number of rotatable bonds is 6. The van der Waals surface area contributed by atoms with E-state index in [0.717, 1.165) is 5.56 Å². The van der Waals surface area contributed by atoms with Gasteiger partial charge in [-0.2, -0.15) is 13.2 Å². The minimum Gasteiger partial charge on any atom is -0.364 e. The van der Waals surface area contributed by atoms with Gasteiger partial charge in [-0.05, 0) is 30.9 Å². The maximum absolute atomic E-state index is 12.1. The van der Waals surface area contributed by atoms with Crippen LogP contribution in [0.1, 0.15) is 42.2 Å². The number of halogens is 3. The first kappa shape index (κ1) is 16.4. The van der Waals surface area contributed by atoms with Crippen LogP contribution < -0.4 is 11.1 Å². The van der Waals surface area contributed by atoms with Crippen LogP contribution in [0.3, 0.4) is 0 Å². The summed E-state index contributed by atoms with van der Waals surface area (Å²) in [6.07, 6.45) is -2.14. The Labute approximate surface area is 115 Å². The Bertz CT molecular complexity index is 445.